The summed E-state index contributed by atoms with van der Waals surface area (Å²) < 4.78 is 25.8. The quantitative estimate of drug-likeness (QED) is 0.832. The summed E-state index contributed by atoms with van der Waals surface area (Å²) in [5.41, 5.74) is 1.07. The van der Waals surface area contributed by atoms with E-state index in [1.807, 2.05) is 18.2 Å². The van der Waals surface area contributed by atoms with Crippen molar-refractivity contribution in [2.24, 2.45) is 0 Å². The van der Waals surface area contributed by atoms with Crippen molar-refractivity contribution in [1.29, 1.82) is 0 Å². The van der Waals surface area contributed by atoms with Crippen LogP contribution in [0.1, 0.15) is 12.0 Å². The lowest BCUT2D eigenvalue weighted by atomic mass is 10.2. The number of nitrogens with zero attached hydrogens (tertiary/aromatic N) is 3. The highest BCUT2D eigenvalue weighted by Crippen LogP contribution is 2.20. The van der Waals surface area contributed by atoms with Gasteiger partial charge < -0.3 is 5.32 Å². The van der Waals surface area contributed by atoms with Crippen molar-refractivity contribution in [3.05, 3.63) is 29.8 Å². The third kappa shape index (κ3) is 3.97. The van der Waals surface area contributed by atoms with Crippen LogP contribution in [0, 0.1) is 0 Å². The molecule has 0 bridgehead atoms. The van der Waals surface area contributed by atoms with Crippen LogP contribution in [-0.2, 0) is 16.6 Å². The average molecular weight is 353 g/mol. The highest BCUT2D eigenvalue weighted by atomic mass is 32.2. The van der Waals surface area contributed by atoms with Crippen molar-refractivity contribution in [2.45, 2.75) is 23.9 Å². The second kappa shape index (κ2) is 7.49. The van der Waals surface area contributed by atoms with E-state index in [9.17, 15) is 8.42 Å². The maximum Gasteiger partial charge on any atom is 0.242 e. The molecule has 0 radical (unpaired) electrons. The van der Waals surface area contributed by atoms with Crippen LogP contribution >= 0.6 is 0 Å². The summed E-state index contributed by atoms with van der Waals surface area (Å²) in [6.07, 6.45) is 1.20. The molecule has 0 aromatic heterocycles. The second-order valence-electron chi connectivity index (χ2n) is 6.90. The van der Waals surface area contributed by atoms with Crippen LogP contribution in [0.25, 0.3) is 0 Å². The Bertz CT molecular complexity index is 656. The van der Waals surface area contributed by atoms with Crippen molar-refractivity contribution >= 4 is 10.0 Å². The summed E-state index contributed by atoms with van der Waals surface area (Å²) in [6, 6.07) is 7.99. The fraction of sp³-hybridized carbons (Fsp3) is 0.647. The Morgan fingerprint density at radius 2 is 1.96 bits per heavy atom. The van der Waals surface area contributed by atoms with Crippen molar-refractivity contribution in [1.82, 2.24) is 19.4 Å². The minimum absolute atomic E-state index is 0.378. The first kappa shape index (κ1) is 17.8. The lowest BCUT2D eigenvalue weighted by Gasteiger charge is -2.32. The zero-order chi connectivity index (χ0) is 17.2. The van der Waals surface area contributed by atoms with Crippen molar-refractivity contribution in [3.63, 3.8) is 0 Å². The van der Waals surface area contributed by atoms with Crippen LogP contribution < -0.4 is 5.32 Å². The van der Waals surface area contributed by atoms with Gasteiger partial charge in [0.1, 0.15) is 0 Å². The van der Waals surface area contributed by atoms with Crippen LogP contribution in [0.5, 0.6) is 0 Å². The molecular formula is C17H28N4O2S. The predicted molar refractivity (Wildman–Crippen MR) is 95.4 cm³/mol. The molecular weight excluding hydrogens is 324 g/mol. The first-order chi connectivity index (χ1) is 11.5. The minimum Gasteiger partial charge on any atom is -0.314 e. The average Bonchev–Trinajstić information content (AvgIpc) is 3.04. The highest BCUT2D eigenvalue weighted by molar-refractivity contribution is 7.89. The highest BCUT2D eigenvalue weighted by Gasteiger charge is 2.28. The molecule has 6 nitrogen and oxygen atoms in total. The van der Waals surface area contributed by atoms with Crippen molar-refractivity contribution < 1.29 is 8.42 Å². The third-order valence-corrected chi connectivity index (χ3v) is 6.81. The first-order valence-electron chi connectivity index (χ1n) is 8.65. The Kier molecular flexibility index (Phi) is 5.56. The zero-order valence-corrected chi connectivity index (χ0v) is 15.4. The summed E-state index contributed by atoms with van der Waals surface area (Å²) in [6.45, 7) is 7.41. The molecule has 0 saturated carbocycles. The Labute approximate surface area is 145 Å². The van der Waals surface area contributed by atoms with E-state index in [1.54, 1.807) is 20.2 Å². The van der Waals surface area contributed by atoms with E-state index in [2.05, 4.69) is 15.1 Å². The summed E-state index contributed by atoms with van der Waals surface area (Å²) in [7, 11) is -0.221. The van der Waals surface area contributed by atoms with Gasteiger partial charge >= 0.3 is 0 Å². The molecule has 2 aliphatic heterocycles. The van der Waals surface area contributed by atoms with Crippen LogP contribution in [0.2, 0.25) is 0 Å². The molecule has 0 amide bonds. The number of sulfonamides is 1. The van der Waals surface area contributed by atoms with E-state index in [0.717, 1.165) is 51.4 Å². The number of piperazine rings is 1. The van der Waals surface area contributed by atoms with Gasteiger partial charge in [-0.15, -0.1) is 0 Å². The molecule has 134 valence electrons. The molecule has 0 aliphatic carbocycles. The normalized spacial score (nSPS) is 23.9. The van der Waals surface area contributed by atoms with Crippen LogP contribution in [0.15, 0.2) is 29.2 Å². The molecule has 0 spiro atoms. The van der Waals surface area contributed by atoms with E-state index >= 15 is 0 Å². The zero-order valence-electron chi connectivity index (χ0n) is 14.6. The van der Waals surface area contributed by atoms with E-state index in [1.165, 1.54) is 10.7 Å². The van der Waals surface area contributed by atoms with Gasteiger partial charge in [-0.05, 0) is 24.1 Å². The maximum absolute atomic E-state index is 12.3. The molecule has 2 heterocycles. The summed E-state index contributed by atoms with van der Waals surface area (Å²) in [4.78, 5) is 5.40. The minimum atomic E-state index is -3.36. The van der Waals surface area contributed by atoms with Crippen molar-refractivity contribution in [2.75, 3.05) is 53.4 Å². The largest absolute Gasteiger partial charge is 0.314 e. The SMILES string of the molecule is CN(C)S(=O)(=O)c1cccc(CN2CCC(N3CCNCC3)C2)c1. The van der Waals surface area contributed by atoms with Gasteiger partial charge in [0.05, 0.1) is 4.90 Å². The third-order valence-electron chi connectivity index (χ3n) is 5.00. The lowest BCUT2D eigenvalue weighted by molar-refractivity contribution is 0.170. The molecule has 24 heavy (non-hydrogen) atoms. The Hall–Kier alpha value is -0.990. The van der Waals surface area contributed by atoms with Gasteiger partial charge in [-0.1, -0.05) is 12.1 Å². The predicted octanol–water partition coefficient (Wildman–Crippen LogP) is 0.416. The van der Waals surface area contributed by atoms with Gasteiger partial charge in [-0.25, -0.2) is 12.7 Å². The van der Waals surface area contributed by atoms with Gasteiger partial charge in [0.15, 0.2) is 0 Å². The number of nitrogens with one attached hydrogen (secondary N) is 1. The summed E-state index contributed by atoms with van der Waals surface area (Å²) in [5.74, 6) is 0. The molecule has 1 atom stereocenters. The number of benzene rings is 1. The number of rotatable bonds is 5. The van der Waals surface area contributed by atoms with Crippen molar-refractivity contribution in [3.8, 4) is 0 Å². The van der Waals surface area contributed by atoms with Crippen LogP contribution in [0.3, 0.4) is 0 Å². The summed E-state index contributed by atoms with van der Waals surface area (Å²) >= 11 is 0. The van der Waals surface area contributed by atoms with E-state index in [-0.39, 0.29) is 0 Å². The van der Waals surface area contributed by atoms with Gasteiger partial charge in [0.25, 0.3) is 0 Å². The van der Waals surface area contributed by atoms with Gasteiger partial charge in [0.2, 0.25) is 10.0 Å². The van der Waals surface area contributed by atoms with Crippen LogP contribution in [-0.4, -0.2) is 81.9 Å². The monoisotopic (exact) mass is 352 g/mol. The molecule has 2 aliphatic rings. The molecule has 2 saturated heterocycles. The Morgan fingerprint density at radius 3 is 2.67 bits per heavy atom. The van der Waals surface area contributed by atoms with E-state index in [0.29, 0.717) is 10.9 Å². The van der Waals surface area contributed by atoms with Gasteiger partial charge in [0, 0.05) is 66.0 Å². The molecule has 1 aromatic rings. The molecule has 1 aromatic carbocycles. The van der Waals surface area contributed by atoms with E-state index < -0.39 is 10.0 Å². The van der Waals surface area contributed by atoms with Gasteiger partial charge in [-0.3, -0.25) is 9.80 Å². The molecule has 2 fully saturated rings. The molecule has 7 heteroatoms. The fourth-order valence-electron chi connectivity index (χ4n) is 3.57. The standard InChI is InChI=1S/C17H28N4O2S/c1-19(2)24(22,23)17-5-3-4-15(12-17)13-20-9-6-16(14-20)21-10-7-18-8-11-21/h3-5,12,16,18H,6-11,13-14H2,1-2H3. The molecule has 1 unspecified atom stereocenters. The fourth-order valence-corrected chi connectivity index (χ4v) is 4.55. The molecule has 3 rings (SSSR count). The summed E-state index contributed by atoms with van der Waals surface area (Å²) in [5, 5.41) is 3.40. The topological polar surface area (TPSA) is 55.9 Å². The van der Waals surface area contributed by atoms with Crippen LogP contribution in [0.4, 0.5) is 0 Å². The number of likely N-dealkylation sites (tertiary alicyclic amines) is 1. The smallest absolute Gasteiger partial charge is 0.242 e. The number of hydrogen-bond donors (Lipinski definition) is 1. The Morgan fingerprint density at radius 1 is 1.21 bits per heavy atom. The first-order valence-corrected chi connectivity index (χ1v) is 10.1. The van der Waals surface area contributed by atoms with Gasteiger partial charge in [-0.2, -0.15) is 0 Å². The lowest BCUT2D eigenvalue weighted by Crippen LogP contribution is -2.49. The second-order valence-corrected chi connectivity index (χ2v) is 9.05. The Balaban J connectivity index is 1.63. The maximum atomic E-state index is 12.3. The molecule has 1 N–H and O–H groups in total. The van der Waals surface area contributed by atoms with E-state index in [4.69, 9.17) is 0 Å². The number of hydrogen-bond acceptors (Lipinski definition) is 5.